The van der Waals surface area contributed by atoms with Crippen molar-refractivity contribution < 1.29 is 14.7 Å². The van der Waals surface area contributed by atoms with E-state index >= 15 is 0 Å². The quantitative estimate of drug-likeness (QED) is 0.510. The van der Waals surface area contributed by atoms with Crippen LogP contribution in [0.15, 0.2) is 54.6 Å². The number of halogens is 1. The minimum atomic E-state index is -1.09. The summed E-state index contributed by atoms with van der Waals surface area (Å²) in [6.45, 7) is 0.227. The fourth-order valence-electron chi connectivity index (χ4n) is 1.47. The number of hydrogen-bond acceptors (Lipinski definition) is 3. The Morgan fingerprint density at radius 2 is 1.83 bits per heavy atom. The van der Waals surface area contributed by atoms with Crippen LogP contribution in [0.1, 0.15) is 5.56 Å². The molecular formula is C13H12BClO3. The molecule has 92 valence electrons. The minimum Gasteiger partial charge on any atom is -0.422 e. The van der Waals surface area contributed by atoms with Crippen molar-refractivity contribution in [3.63, 3.8) is 0 Å². The number of hydrogen-bond donors (Lipinski definition) is 1. The van der Waals surface area contributed by atoms with E-state index in [9.17, 15) is 5.02 Å². The van der Waals surface area contributed by atoms with Crippen molar-refractivity contribution in [3.8, 4) is 0 Å². The van der Waals surface area contributed by atoms with Crippen molar-refractivity contribution >= 4 is 24.2 Å². The summed E-state index contributed by atoms with van der Waals surface area (Å²) in [6.07, 6.45) is 0. The van der Waals surface area contributed by atoms with Gasteiger partial charge in [0.2, 0.25) is 0 Å². The van der Waals surface area contributed by atoms with Gasteiger partial charge in [-0.2, -0.15) is 0 Å². The third-order valence-corrected chi connectivity index (χ3v) is 2.59. The summed E-state index contributed by atoms with van der Waals surface area (Å²) in [5.41, 5.74) is 1.52. The van der Waals surface area contributed by atoms with E-state index in [0.717, 1.165) is 5.56 Å². The van der Waals surface area contributed by atoms with Crippen molar-refractivity contribution in [2.45, 2.75) is 6.61 Å². The molecule has 5 heteroatoms. The average Bonchev–Trinajstić information content (AvgIpc) is 2.40. The zero-order valence-corrected chi connectivity index (χ0v) is 10.4. The van der Waals surface area contributed by atoms with E-state index < -0.39 is 7.12 Å². The van der Waals surface area contributed by atoms with E-state index in [2.05, 4.69) is 0 Å². The highest BCUT2D eigenvalue weighted by Crippen LogP contribution is 2.11. The molecule has 0 bridgehead atoms. The molecule has 0 heterocycles. The SMILES string of the molecule is OB(OOCc1cccc(Cl)c1)c1ccccc1. The Labute approximate surface area is 111 Å². The second kappa shape index (κ2) is 6.57. The van der Waals surface area contributed by atoms with Crippen molar-refractivity contribution in [2.24, 2.45) is 0 Å². The van der Waals surface area contributed by atoms with Gasteiger partial charge in [-0.1, -0.05) is 54.1 Å². The zero-order chi connectivity index (χ0) is 12.8. The lowest BCUT2D eigenvalue weighted by atomic mass is 9.80. The summed E-state index contributed by atoms with van der Waals surface area (Å²) in [4.78, 5) is 9.87. The smallest absolute Gasteiger partial charge is 0.422 e. The van der Waals surface area contributed by atoms with Crippen molar-refractivity contribution in [2.75, 3.05) is 0 Å². The van der Waals surface area contributed by atoms with Crippen LogP contribution in [-0.4, -0.2) is 12.1 Å². The second-order valence-corrected chi connectivity index (χ2v) is 4.19. The largest absolute Gasteiger partial charge is 0.523 e. The molecule has 18 heavy (non-hydrogen) atoms. The lowest BCUT2D eigenvalue weighted by molar-refractivity contribution is -0.231. The van der Waals surface area contributed by atoms with Gasteiger partial charge in [-0.15, -0.1) is 0 Å². The first-order valence-corrected chi connectivity index (χ1v) is 5.89. The van der Waals surface area contributed by atoms with E-state index in [1.807, 2.05) is 30.3 Å². The van der Waals surface area contributed by atoms with E-state index in [0.29, 0.717) is 10.5 Å². The first-order valence-electron chi connectivity index (χ1n) is 5.51. The van der Waals surface area contributed by atoms with E-state index in [-0.39, 0.29) is 6.61 Å². The van der Waals surface area contributed by atoms with Gasteiger partial charge in [0.1, 0.15) is 6.61 Å². The van der Waals surface area contributed by atoms with Crippen LogP contribution in [0.2, 0.25) is 5.02 Å². The van der Waals surface area contributed by atoms with Crippen LogP contribution in [0.4, 0.5) is 0 Å². The molecule has 0 aromatic heterocycles. The highest BCUT2D eigenvalue weighted by molar-refractivity contribution is 6.59. The summed E-state index contributed by atoms with van der Waals surface area (Å²) in [6, 6.07) is 16.3. The lowest BCUT2D eigenvalue weighted by Crippen LogP contribution is -2.33. The van der Waals surface area contributed by atoms with Crippen LogP contribution in [-0.2, 0) is 16.3 Å². The van der Waals surface area contributed by atoms with Gasteiger partial charge in [0, 0.05) is 5.02 Å². The molecule has 0 aliphatic carbocycles. The molecule has 1 N–H and O–H groups in total. The standard InChI is InChI=1S/C13H12BClO3/c15-13-8-4-5-11(9-13)10-17-18-14(16)12-6-2-1-3-7-12/h1-9,16H,10H2. The monoisotopic (exact) mass is 262 g/mol. The lowest BCUT2D eigenvalue weighted by Gasteiger charge is -2.07. The van der Waals surface area contributed by atoms with Gasteiger partial charge in [-0.3, -0.25) is 4.81 Å². The van der Waals surface area contributed by atoms with E-state index in [1.54, 1.807) is 24.3 Å². The van der Waals surface area contributed by atoms with Crippen LogP contribution in [0.3, 0.4) is 0 Å². The molecule has 0 radical (unpaired) electrons. The Hall–Kier alpha value is -1.33. The first-order chi connectivity index (χ1) is 8.75. The van der Waals surface area contributed by atoms with Gasteiger partial charge in [0.15, 0.2) is 0 Å². The highest BCUT2D eigenvalue weighted by Gasteiger charge is 2.16. The summed E-state index contributed by atoms with van der Waals surface area (Å²) < 4.78 is 0. The molecule has 0 spiro atoms. The summed E-state index contributed by atoms with van der Waals surface area (Å²) in [7, 11) is -1.09. The summed E-state index contributed by atoms with van der Waals surface area (Å²) in [5.74, 6) is 0. The van der Waals surface area contributed by atoms with Crippen molar-refractivity contribution in [1.29, 1.82) is 0 Å². The fraction of sp³-hybridized carbons (Fsp3) is 0.0769. The summed E-state index contributed by atoms with van der Waals surface area (Å²) >= 11 is 5.84. The fourth-order valence-corrected chi connectivity index (χ4v) is 1.68. The van der Waals surface area contributed by atoms with Gasteiger partial charge in [0.25, 0.3) is 0 Å². The third kappa shape index (κ3) is 3.86. The maximum Gasteiger partial charge on any atom is 0.523 e. The molecule has 0 fully saturated rings. The van der Waals surface area contributed by atoms with Gasteiger partial charge >= 0.3 is 7.12 Å². The van der Waals surface area contributed by atoms with Crippen LogP contribution in [0.25, 0.3) is 0 Å². The van der Waals surface area contributed by atoms with Gasteiger partial charge in [-0.25, -0.2) is 4.89 Å². The van der Waals surface area contributed by atoms with Gasteiger partial charge in [-0.05, 0) is 23.2 Å². The molecule has 2 aromatic carbocycles. The zero-order valence-electron chi connectivity index (χ0n) is 9.62. The maximum absolute atomic E-state index is 9.68. The Bertz CT molecular complexity index is 493. The summed E-state index contributed by atoms with van der Waals surface area (Å²) in [5, 5.41) is 10.3. The second-order valence-electron chi connectivity index (χ2n) is 3.75. The van der Waals surface area contributed by atoms with Crippen LogP contribution in [0, 0.1) is 0 Å². The molecule has 0 aliphatic heterocycles. The van der Waals surface area contributed by atoms with E-state index in [1.165, 1.54) is 0 Å². The van der Waals surface area contributed by atoms with Crippen molar-refractivity contribution in [1.82, 2.24) is 0 Å². The molecular weight excluding hydrogens is 250 g/mol. The Kier molecular flexibility index (Phi) is 4.78. The molecule has 0 saturated heterocycles. The predicted octanol–water partition coefficient (Wildman–Crippen LogP) is 2.18. The Balaban J connectivity index is 1.82. The predicted molar refractivity (Wildman–Crippen MR) is 71.4 cm³/mol. The molecule has 0 saturated carbocycles. The number of rotatable bonds is 5. The van der Waals surface area contributed by atoms with E-state index in [4.69, 9.17) is 21.3 Å². The van der Waals surface area contributed by atoms with Crippen LogP contribution in [0.5, 0.6) is 0 Å². The molecule has 0 unspecified atom stereocenters. The average molecular weight is 263 g/mol. The topological polar surface area (TPSA) is 38.7 Å². The minimum absolute atomic E-state index is 0.227. The normalized spacial score (nSPS) is 10.3. The molecule has 2 aromatic rings. The molecule has 0 aliphatic rings. The van der Waals surface area contributed by atoms with Gasteiger partial charge in [0.05, 0.1) is 0 Å². The third-order valence-electron chi connectivity index (χ3n) is 2.36. The Morgan fingerprint density at radius 3 is 2.56 bits per heavy atom. The van der Waals surface area contributed by atoms with Crippen LogP contribution < -0.4 is 5.46 Å². The Morgan fingerprint density at radius 1 is 1.06 bits per heavy atom. The highest BCUT2D eigenvalue weighted by atomic mass is 35.5. The maximum atomic E-state index is 9.68. The molecule has 2 rings (SSSR count). The van der Waals surface area contributed by atoms with Crippen LogP contribution >= 0.6 is 11.6 Å². The molecule has 3 nitrogen and oxygen atoms in total. The first kappa shape index (κ1) is 13.1. The number of benzene rings is 2. The van der Waals surface area contributed by atoms with Crippen molar-refractivity contribution in [3.05, 3.63) is 65.2 Å². The molecule has 0 amide bonds. The molecule has 0 atom stereocenters. The van der Waals surface area contributed by atoms with Gasteiger partial charge < -0.3 is 5.02 Å².